The van der Waals surface area contributed by atoms with E-state index in [4.69, 9.17) is 4.74 Å². The topological polar surface area (TPSA) is 67.9 Å². The Kier molecular flexibility index (Phi) is 3.90. The maximum absolute atomic E-state index is 11.6. The monoisotopic (exact) mass is 331 g/mol. The second-order valence-corrected chi connectivity index (χ2v) is 5.95. The smallest absolute Gasteiger partial charge is 0.303 e. The van der Waals surface area contributed by atoms with Gasteiger partial charge >= 0.3 is 5.97 Å². The fraction of sp³-hybridized carbons (Fsp3) is 0.150. The van der Waals surface area contributed by atoms with Crippen molar-refractivity contribution in [3.8, 4) is 0 Å². The van der Waals surface area contributed by atoms with Crippen LogP contribution in [0, 0.1) is 0 Å². The van der Waals surface area contributed by atoms with Gasteiger partial charge in [-0.25, -0.2) is 4.98 Å². The molecule has 0 saturated heterocycles. The van der Waals surface area contributed by atoms with Gasteiger partial charge in [-0.1, -0.05) is 48.5 Å². The van der Waals surface area contributed by atoms with Gasteiger partial charge in [0.05, 0.1) is 17.2 Å². The van der Waals surface area contributed by atoms with Crippen molar-refractivity contribution in [2.24, 2.45) is 0 Å². The molecule has 0 aliphatic carbocycles. The molecule has 0 radical (unpaired) electrons. The molecule has 25 heavy (non-hydrogen) atoms. The van der Waals surface area contributed by atoms with Crippen molar-refractivity contribution in [1.29, 1.82) is 0 Å². The average molecular weight is 331 g/mol. The number of hydrogen-bond acceptors (Lipinski definition) is 4. The number of ether oxygens (including phenoxy) is 1. The molecule has 2 heterocycles. The number of nitrogens with zero attached hydrogens (tertiary/aromatic N) is 2. The zero-order chi connectivity index (χ0) is 17.2. The standard InChI is InChI=1S/C20H17N3O2/c1-13(24)25-18(11-14-7-3-2-4-8-14)20-22-17-12-21-16-10-6-5-9-15(16)19(17)23-20/h2-10,12,18H,11H2,1H3,(H,22,23). The number of aromatic nitrogens is 3. The van der Waals surface area contributed by atoms with E-state index in [0.717, 1.165) is 27.5 Å². The molecule has 124 valence electrons. The largest absolute Gasteiger partial charge is 0.454 e. The highest BCUT2D eigenvalue weighted by Gasteiger charge is 2.20. The predicted molar refractivity (Wildman–Crippen MR) is 96.0 cm³/mol. The van der Waals surface area contributed by atoms with Crippen LogP contribution in [-0.2, 0) is 16.0 Å². The van der Waals surface area contributed by atoms with Gasteiger partial charge in [0.15, 0.2) is 6.10 Å². The predicted octanol–water partition coefficient (Wildman–Crippen LogP) is 3.96. The lowest BCUT2D eigenvalue weighted by Gasteiger charge is -2.14. The number of hydrogen-bond donors (Lipinski definition) is 1. The SMILES string of the molecule is CC(=O)OC(Cc1ccccc1)c1nc2cnc3ccccc3c2[nH]1. The van der Waals surface area contributed by atoms with Gasteiger partial charge in [-0.05, 0) is 11.6 Å². The molecule has 0 fully saturated rings. The van der Waals surface area contributed by atoms with Gasteiger partial charge in [-0.2, -0.15) is 0 Å². The molecule has 0 bridgehead atoms. The number of pyridine rings is 1. The van der Waals surface area contributed by atoms with Gasteiger partial charge < -0.3 is 9.72 Å². The third-order valence-corrected chi connectivity index (χ3v) is 4.13. The van der Waals surface area contributed by atoms with Crippen LogP contribution in [-0.4, -0.2) is 20.9 Å². The lowest BCUT2D eigenvalue weighted by molar-refractivity contribution is -0.147. The summed E-state index contributed by atoms with van der Waals surface area (Å²) in [6.07, 6.45) is 1.84. The van der Waals surface area contributed by atoms with Gasteiger partial charge in [0, 0.05) is 18.7 Å². The molecule has 5 nitrogen and oxygen atoms in total. The molecule has 5 heteroatoms. The fourth-order valence-corrected chi connectivity index (χ4v) is 3.01. The first kappa shape index (κ1) is 15.3. The van der Waals surface area contributed by atoms with Gasteiger partial charge in [0.25, 0.3) is 0 Å². The van der Waals surface area contributed by atoms with Crippen molar-refractivity contribution < 1.29 is 9.53 Å². The number of para-hydroxylation sites is 1. The van der Waals surface area contributed by atoms with Crippen LogP contribution in [0.2, 0.25) is 0 Å². The number of nitrogens with one attached hydrogen (secondary N) is 1. The summed E-state index contributed by atoms with van der Waals surface area (Å²) in [6, 6.07) is 17.8. The number of rotatable bonds is 4. The molecule has 4 aromatic rings. The molecular weight excluding hydrogens is 314 g/mol. The lowest BCUT2D eigenvalue weighted by atomic mass is 10.1. The van der Waals surface area contributed by atoms with Gasteiger partial charge in [-0.3, -0.25) is 9.78 Å². The number of esters is 1. The van der Waals surface area contributed by atoms with E-state index in [9.17, 15) is 4.79 Å². The van der Waals surface area contributed by atoms with Crippen LogP contribution in [0.4, 0.5) is 0 Å². The number of carbonyl (C=O) groups excluding carboxylic acids is 1. The number of imidazole rings is 1. The summed E-state index contributed by atoms with van der Waals surface area (Å²) in [5.74, 6) is 0.302. The van der Waals surface area contributed by atoms with Crippen molar-refractivity contribution in [1.82, 2.24) is 15.0 Å². The summed E-state index contributed by atoms with van der Waals surface area (Å²) >= 11 is 0. The molecule has 0 aliphatic heterocycles. The minimum absolute atomic E-state index is 0.329. The second kappa shape index (κ2) is 6.36. The maximum Gasteiger partial charge on any atom is 0.303 e. The van der Waals surface area contributed by atoms with Crippen LogP contribution in [0.5, 0.6) is 0 Å². The normalized spacial score (nSPS) is 12.4. The zero-order valence-electron chi connectivity index (χ0n) is 13.8. The summed E-state index contributed by atoms with van der Waals surface area (Å²) in [4.78, 5) is 24.0. The minimum atomic E-state index is -0.467. The van der Waals surface area contributed by atoms with Crippen molar-refractivity contribution in [2.75, 3.05) is 0 Å². The Labute approximate surface area is 144 Å². The van der Waals surface area contributed by atoms with E-state index in [1.54, 1.807) is 6.20 Å². The molecule has 1 atom stereocenters. The van der Waals surface area contributed by atoms with Crippen molar-refractivity contribution in [3.63, 3.8) is 0 Å². The second-order valence-electron chi connectivity index (χ2n) is 5.95. The van der Waals surface area contributed by atoms with Gasteiger partial charge in [0.1, 0.15) is 11.3 Å². The van der Waals surface area contributed by atoms with E-state index in [2.05, 4.69) is 15.0 Å². The third kappa shape index (κ3) is 3.08. The third-order valence-electron chi connectivity index (χ3n) is 4.13. The number of aromatic amines is 1. The molecule has 2 aromatic heterocycles. The first-order valence-corrected chi connectivity index (χ1v) is 8.15. The van der Waals surface area contributed by atoms with E-state index in [0.29, 0.717) is 12.2 Å². The highest BCUT2D eigenvalue weighted by Crippen LogP contribution is 2.26. The Balaban J connectivity index is 1.78. The van der Waals surface area contributed by atoms with Crippen LogP contribution in [0.15, 0.2) is 60.8 Å². The van der Waals surface area contributed by atoms with Crippen molar-refractivity contribution in [3.05, 3.63) is 72.2 Å². The quantitative estimate of drug-likeness (QED) is 0.575. The molecule has 2 aromatic carbocycles. The van der Waals surface area contributed by atoms with Crippen molar-refractivity contribution >= 4 is 27.9 Å². The van der Waals surface area contributed by atoms with E-state index in [1.807, 2.05) is 54.6 Å². The highest BCUT2D eigenvalue weighted by atomic mass is 16.5. The van der Waals surface area contributed by atoms with Crippen LogP contribution >= 0.6 is 0 Å². The number of fused-ring (bicyclic) bond motifs is 3. The van der Waals surface area contributed by atoms with Crippen LogP contribution in [0.1, 0.15) is 24.4 Å². The minimum Gasteiger partial charge on any atom is -0.454 e. The molecule has 0 spiro atoms. The van der Waals surface area contributed by atoms with E-state index in [-0.39, 0.29) is 5.97 Å². The molecule has 1 N–H and O–H groups in total. The molecule has 0 saturated carbocycles. The first-order chi connectivity index (χ1) is 12.2. The number of H-pyrrole nitrogens is 1. The Hall–Kier alpha value is -3.21. The van der Waals surface area contributed by atoms with Gasteiger partial charge in [-0.15, -0.1) is 0 Å². The molecular formula is C20H17N3O2. The number of carbonyl (C=O) groups is 1. The summed E-state index contributed by atoms with van der Waals surface area (Å²) in [5, 5.41) is 1.00. The van der Waals surface area contributed by atoms with Crippen LogP contribution in [0.3, 0.4) is 0 Å². The summed E-state index contributed by atoms with van der Waals surface area (Å²) in [7, 11) is 0. The molecule has 4 rings (SSSR count). The molecule has 0 aliphatic rings. The summed E-state index contributed by atoms with van der Waals surface area (Å²) in [6.45, 7) is 1.41. The van der Waals surface area contributed by atoms with E-state index < -0.39 is 6.10 Å². The van der Waals surface area contributed by atoms with Crippen LogP contribution < -0.4 is 0 Å². The lowest BCUT2D eigenvalue weighted by Crippen LogP contribution is -2.12. The number of benzene rings is 2. The Morgan fingerprint density at radius 2 is 1.84 bits per heavy atom. The Morgan fingerprint density at radius 1 is 1.08 bits per heavy atom. The van der Waals surface area contributed by atoms with E-state index in [1.165, 1.54) is 6.92 Å². The Morgan fingerprint density at radius 3 is 2.64 bits per heavy atom. The summed E-state index contributed by atoms with van der Waals surface area (Å²) in [5.41, 5.74) is 3.65. The molecule has 0 amide bonds. The highest BCUT2D eigenvalue weighted by molar-refractivity contribution is 6.01. The Bertz CT molecular complexity index is 1040. The van der Waals surface area contributed by atoms with Crippen molar-refractivity contribution in [2.45, 2.75) is 19.4 Å². The summed E-state index contributed by atoms with van der Waals surface area (Å²) < 4.78 is 5.53. The maximum atomic E-state index is 11.6. The van der Waals surface area contributed by atoms with Crippen LogP contribution in [0.25, 0.3) is 21.9 Å². The fourth-order valence-electron chi connectivity index (χ4n) is 3.01. The average Bonchev–Trinajstić information content (AvgIpc) is 3.06. The van der Waals surface area contributed by atoms with E-state index >= 15 is 0 Å². The molecule has 1 unspecified atom stereocenters. The zero-order valence-corrected chi connectivity index (χ0v) is 13.8. The van der Waals surface area contributed by atoms with Gasteiger partial charge in [0.2, 0.25) is 0 Å². The first-order valence-electron chi connectivity index (χ1n) is 8.15.